The van der Waals surface area contributed by atoms with E-state index < -0.39 is 17.5 Å². The SMILES string of the molecule is CC(C)(C)OC(=O)N1Cc2c(F)ccc3c2[C@H](CO3)COc2cc(C3CCNCC3)c3nncn3c21. The van der Waals surface area contributed by atoms with E-state index in [4.69, 9.17) is 14.2 Å². The predicted molar refractivity (Wildman–Crippen MR) is 130 cm³/mol. The van der Waals surface area contributed by atoms with E-state index in [1.165, 1.54) is 11.0 Å². The number of fused-ring (bicyclic) bond motifs is 3. The van der Waals surface area contributed by atoms with E-state index in [2.05, 4.69) is 15.5 Å². The molecule has 0 bridgehead atoms. The van der Waals surface area contributed by atoms with E-state index in [1.54, 1.807) is 37.6 Å². The molecule has 3 aliphatic rings. The van der Waals surface area contributed by atoms with Crippen LogP contribution in [0.2, 0.25) is 0 Å². The van der Waals surface area contributed by atoms with Gasteiger partial charge in [0.25, 0.3) is 0 Å². The standard InChI is InChI=1S/C26H30FN5O4/c1-26(2,3)36-25(33)31-11-18-19(27)4-5-20-22(18)16(12-34-20)13-35-21-10-17(15-6-8-28-9-7-15)23-30-29-14-32(23)24(21)31/h4-5,10,14-16,28H,6-9,11-13H2,1-3H3/t16-/m1/s1. The number of hydrogen-bond acceptors (Lipinski definition) is 7. The van der Waals surface area contributed by atoms with Crippen molar-refractivity contribution in [2.45, 2.75) is 57.6 Å². The molecule has 1 amide bonds. The average molecular weight is 496 g/mol. The molecule has 1 fully saturated rings. The Labute approximate surface area is 208 Å². The number of carbonyl (C=O) groups excluding carboxylic acids is 1. The first kappa shape index (κ1) is 23.0. The third-order valence-electron chi connectivity index (χ3n) is 7.05. The van der Waals surface area contributed by atoms with Crippen molar-refractivity contribution in [3.63, 3.8) is 0 Å². The molecule has 3 aromatic rings. The Balaban J connectivity index is 1.56. The molecule has 0 aliphatic carbocycles. The van der Waals surface area contributed by atoms with Gasteiger partial charge < -0.3 is 19.5 Å². The van der Waals surface area contributed by atoms with Crippen LogP contribution in [0.5, 0.6) is 11.5 Å². The Morgan fingerprint density at radius 3 is 2.64 bits per heavy atom. The van der Waals surface area contributed by atoms with Crippen LogP contribution in [0.15, 0.2) is 24.5 Å². The number of piperidine rings is 1. The second-order valence-electron chi connectivity index (χ2n) is 10.7. The molecule has 0 unspecified atom stereocenters. The van der Waals surface area contributed by atoms with Crippen molar-refractivity contribution in [2.75, 3.05) is 31.2 Å². The van der Waals surface area contributed by atoms with E-state index in [0.29, 0.717) is 35.1 Å². The molecule has 0 spiro atoms. The van der Waals surface area contributed by atoms with Crippen LogP contribution in [-0.4, -0.2) is 52.6 Å². The number of ether oxygens (including phenoxy) is 3. The van der Waals surface area contributed by atoms with Crippen LogP contribution < -0.4 is 19.7 Å². The molecule has 6 rings (SSSR count). The highest BCUT2D eigenvalue weighted by Gasteiger charge is 2.37. The van der Waals surface area contributed by atoms with Crippen LogP contribution in [-0.2, 0) is 11.3 Å². The molecule has 1 aromatic carbocycles. The zero-order valence-electron chi connectivity index (χ0n) is 20.7. The fourth-order valence-electron chi connectivity index (χ4n) is 5.43. The summed E-state index contributed by atoms with van der Waals surface area (Å²) < 4.78 is 35.1. The predicted octanol–water partition coefficient (Wildman–Crippen LogP) is 4.15. The first-order valence-corrected chi connectivity index (χ1v) is 12.4. The van der Waals surface area contributed by atoms with Crippen LogP contribution in [0.3, 0.4) is 0 Å². The van der Waals surface area contributed by atoms with Crippen molar-refractivity contribution in [3.05, 3.63) is 47.0 Å². The first-order chi connectivity index (χ1) is 17.3. The summed E-state index contributed by atoms with van der Waals surface area (Å²) in [6.45, 7) is 7.89. The van der Waals surface area contributed by atoms with Gasteiger partial charge in [0, 0.05) is 16.7 Å². The van der Waals surface area contributed by atoms with Gasteiger partial charge in [-0.15, -0.1) is 10.2 Å². The van der Waals surface area contributed by atoms with Crippen LogP contribution in [0, 0.1) is 5.82 Å². The summed E-state index contributed by atoms with van der Waals surface area (Å²) in [4.78, 5) is 15.1. The van der Waals surface area contributed by atoms with Crippen LogP contribution in [0.4, 0.5) is 15.0 Å². The van der Waals surface area contributed by atoms with Gasteiger partial charge in [0.15, 0.2) is 17.2 Å². The zero-order chi connectivity index (χ0) is 25.0. The van der Waals surface area contributed by atoms with Crippen LogP contribution in [0.25, 0.3) is 5.65 Å². The van der Waals surface area contributed by atoms with Crippen LogP contribution in [0.1, 0.15) is 62.1 Å². The number of carbonyl (C=O) groups is 1. The lowest BCUT2D eigenvalue weighted by Gasteiger charge is -2.30. The molecule has 9 nitrogen and oxygen atoms in total. The molecule has 36 heavy (non-hydrogen) atoms. The Morgan fingerprint density at radius 1 is 1.14 bits per heavy atom. The quantitative estimate of drug-likeness (QED) is 0.543. The number of anilines is 1. The Bertz CT molecular complexity index is 1330. The Hall–Kier alpha value is -3.40. The number of hydrogen-bond donors (Lipinski definition) is 1. The van der Waals surface area contributed by atoms with E-state index in [0.717, 1.165) is 37.1 Å². The van der Waals surface area contributed by atoms with Gasteiger partial charge in [-0.05, 0) is 70.8 Å². The summed E-state index contributed by atoms with van der Waals surface area (Å²) in [5.41, 5.74) is 2.10. The molecular formula is C26H30FN5O4. The molecule has 5 heterocycles. The number of benzene rings is 1. The second-order valence-corrected chi connectivity index (χ2v) is 10.7. The maximum absolute atomic E-state index is 15.3. The molecule has 190 valence electrons. The maximum Gasteiger partial charge on any atom is 0.416 e. The molecule has 2 aromatic heterocycles. The minimum atomic E-state index is -0.749. The number of aromatic nitrogens is 3. The van der Waals surface area contributed by atoms with E-state index in [9.17, 15) is 4.79 Å². The third-order valence-corrected chi connectivity index (χ3v) is 7.05. The molecule has 3 aliphatic heterocycles. The van der Waals surface area contributed by atoms with Gasteiger partial charge in [-0.1, -0.05) is 0 Å². The van der Waals surface area contributed by atoms with Gasteiger partial charge in [-0.25, -0.2) is 9.18 Å². The fourth-order valence-corrected chi connectivity index (χ4v) is 5.43. The van der Waals surface area contributed by atoms with Crippen molar-refractivity contribution < 1.29 is 23.4 Å². The van der Waals surface area contributed by atoms with Crippen molar-refractivity contribution in [1.29, 1.82) is 0 Å². The van der Waals surface area contributed by atoms with Crippen molar-refractivity contribution in [2.24, 2.45) is 0 Å². The summed E-state index contributed by atoms with van der Waals surface area (Å²) in [5.74, 6) is 1.30. The smallest absolute Gasteiger partial charge is 0.416 e. The normalized spacial score (nSPS) is 20.0. The highest BCUT2D eigenvalue weighted by Crippen LogP contribution is 2.44. The zero-order valence-corrected chi connectivity index (χ0v) is 20.7. The van der Waals surface area contributed by atoms with E-state index >= 15 is 4.39 Å². The molecule has 1 saturated heterocycles. The topological polar surface area (TPSA) is 90.2 Å². The maximum atomic E-state index is 15.3. The van der Waals surface area contributed by atoms with Gasteiger partial charge in [0.1, 0.15) is 23.5 Å². The summed E-state index contributed by atoms with van der Waals surface area (Å²) >= 11 is 0. The molecule has 0 radical (unpaired) electrons. The largest absolute Gasteiger partial charge is 0.493 e. The highest BCUT2D eigenvalue weighted by molar-refractivity contribution is 5.90. The molecular weight excluding hydrogens is 465 g/mol. The monoisotopic (exact) mass is 495 g/mol. The number of rotatable bonds is 1. The summed E-state index contributed by atoms with van der Waals surface area (Å²) in [7, 11) is 0. The number of pyridine rings is 1. The van der Waals surface area contributed by atoms with Gasteiger partial charge in [-0.2, -0.15) is 0 Å². The lowest BCUT2D eigenvalue weighted by atomic mass is 9.90. The number of halogens is 1. The number of nitrogens with zero attached hydrogens (tertiary/aromatic N) is 4. The average Bonchev–Trinajstić information content (AvgIpc) is 3.49. The Morgan fingerprint density at radius 2 is 1.89 bits per heavy atom. The number of nitrogens with one attached hydrogen (secondary N) is 1. The van der Waals surface area contributed by atoms with Gasteiger partial charge in [0.05, 0.1) is 25.7 Å². The van der Waals surface area contributed by atoms with E-state index in [1.807, 2.05) is 6.07 Å². The van der Waals surface area contributed by atoms with Crippen molar-refractivity contribution in [3.8, 4) is 11.5 Å². The summed E-state index contributed by atoms with van der Waals surface area (Å²) in [6.07, 6.45) is 2.91. The van der Waals surface area contributed by atoms with Gasteiger partial charge in [-0.3, -0.25) is 9.30 Å². The highest BCUT2D eigenvalue weighted by atomic mass is 19.1. The molecule has 0 saturated carbocycles. The molecule has 1 N–H and O–H groups in total. The fraction of sp³-hybridized carbons (Fsp3) is 0.500. The second kappa shape index (κ2) is 8.62. The third kappa shape index (κ3) is 3.93. The minimum Gasteiger partial charge on any atom is -0.493 e. The summed E-state index contributed by atoms with van der Waals surface area (Å²) in [5, 5.41) is 12.0. The van der Waals surface area contributed by atoms with Crippen LogP contribution >= 0.6 is 0 Å². The van der Waals surface area contributed by atoms with Crippen molar-refractivity contribution >= 4 is 17.6 Å². The van der Waals surface area contributed by atoms with Gasteiger partial charge >= 0.3 is 6.09 Å². The molecule has 1 atom stereocenters. The minimum absolute atomic E-state index is 0.0416. The van der Waals surface area contributed by atoms with E-state index in [-0.39, 0.29) is 25.0 Å². The lowest BCUT2D eigenvalue weighted by Crippen LogP contribution is -2.38. The Kier molecular flexibility index (Phi) is 5.51. The summed E-state index contributed by atoms with van der Waals surface area (Å²) in [6, 6.07) is 5.01. The number of amides is 1. The van der Waals surface area contributed by atoms with Gasteiger partial charge in [0.2, 0.25) is 0 Å². The van der Waals surface area contributed by atoms with Crippen molar-refractivity contribution in [1.82, 2.24) is 19.9 Å². The molecule has 10 heteroatoms. The first-order valence-electron chi connectivity index (χ1n) is 12.4. The lowest BCUT2D eigenvalue weighted by molar-refractivity contribution is 0.0574.